The summed E-state index contributed by atoms with van der Waals surface area (Å²) in [6, 6.07) is 10.2. The first-order valence-electron chi connectivity index (χ1n) is 12.9. The summed E-state index contributed by atoms with van der Waals surface area (Å²) in [6.45, 7) is 6.96. The van der Waals surface area contributed by atoms with Crippen molar-refractivity contribution in [3.05, 3.63) is 35.9 Å². The molecule has 0 saturated heterocycles. The van der Waals surface area contributed by atoms with Crippen molar-refractivity contribution in [3.63, 3.8) is 0 Å². The quantitative estimate of drug-likeness (QED) is 0.166. The van der Waals surface area contributed by atoms with Crippen LogP contribution in [-0.4, -0.2) is 12.6 Å². The minimum Gasteiger partial charge on any atom is -0.465 e. The number of esters is 1. The van der Waals surface area contributed by atoms with Crippen LogP contribution in [0.15, 0.2) is 30.3 Å². The SMILES string of the molecule is CCCCCCCCCCCCCCCCC(C(=O)OCC(C)C)c1ccccc1. The smallest absolute Gasteiger partial charge is 0.313 e. The molecule has 1 unspecified atom stereocenters. The van der Waals surface area contributed by atoms with Crippen LogP contribution in [0.5, 0.6) is 0 Å². The number of ether oxygens (including phenoxy) is 1. The van der Waals surface area contributed by atoms with Crippen LogP contribution in [0.2, 0.25) is 0 Å². The van der Waals surface area contributed by atoms with Crippen molar-refractivity contribution in [3.8, 4) is 0 Å². The highest BCUT2D eigenvalue weighted by Crippen LogP contribution is 2.25. The first-order valence-corrected chi connectivity index (χ1v) is 12.9. The molecule has 0 heterocycles. The van der Waals surface area contributed by atoms with Gasteiger partial charge in [0.25, 0.3) is 0 Å². The second kappa shape index (κ2) is 18.5. The molecule has 0 radical (unpaired) electrons. The minimum absolute atomic E-state index is 0.0513. The Labute approximate surface area is 187 Å². The molecule has 172 valence electrons. The van der Waals surface area contributed by atoms with Crippen molar-refractivity contribution in [1.82, 2.24) is 0 Å². The Hall–Kier alpha value is -1.31. The Morgan fingerprint density at radius 1 is 0.733 bits per heavy atom. The molecular weight excluding hydrogens is 368 g/mol. The third-order valence-electron chi connectivity index (χ3n) is 5.89. The van der Waals surface area contributed by atoms with Gasteiger partial charge in [0.1, 0.15) is 0 Å². The number of unbranched alkanes of at least 4 members (excludes halogenated alkanes) is 13. The normalized spacial score (nSPS) is 12.3. The van der Waals surface area contributed by atoms with E-state index in [1.165, 1.54) is 83.5 Å². The molecule has 0 amide bonds. The maximum Gasteiger partial charge on any atom is 0.313 e. The number of hydrogen-bond acceptors (Lipinski definition) is 2. The molecule has 0 spiro atoms. The number of rotatable bonds is 19. The standard InChI is InChI=1S/C28H48O2/c1-4-5-6-7-8-9-10-11-12-13-14-15-16-20-23-27(26-21-18-17-19-22-26)28(29)30-24-25(2)3/h17-19,21-22,25,27H,4-16,20,23-24H2,1-3H3. The third kappa shape index (κ3) is 13.8. The number of benzene rings is 1. The zero-order chi connectivity index (χ0) is 21.9. The minimum atomic E-state index is -0.109. The van der Waals surface area contributed by atoms with Gasteiger partial charge in [0, 0.05) is 0 Å². The zero-order valence-electron chi connectivity index (χ0n) is 20.2. The van der Waals surface area contributed by atoms with Crippen LogP contribution in [-0.2, 0) is 9.53 Å². The fraction of sp³-hybridized carbons (Fsp3) is 0.750. The van der Waals surface area contributed by atoms with Crippen molar-refractivity contribution < 1.29 is 9.53 Å². The molecule has 0 aliphatic heterocycles. The zero-order valence-corrected chi connectivity index (χ0v) is 20.2. The van der Waals surface area contributed by atoms with E-state index in [2.05, 4.69) is 32.9 Å². The maximum absolute atomic E-state index is 12.6. The summed E-state index contributed by atoms with van der Waals surface area (Å²) in [6.07, 6.45) is 19.9. The summed E-state index contributed by atoms with van der Waals surface area (Å²) in [5.74, 6) is 0.221. The fourth-order valence-electron chi connectivity index (χ4n) is 4.00. The monoisotopic (exact) mass is 416 g/mol. The number of carbonyl (C=O) groups is 1. The van der Waals surface area contributed by atoms with Crippen molar-refractivity contribution in [2.75, 3.05) is 6.61 Å². The average molecular weight is 417 g/mol. The predicted molar refractivity (Wildman–Crippen MR) is 130 cm³/mol. The molecule has 1 atom stereocenters. The Morgan fingerprint density at radius 3 is 1.67 bits per heavy atom. The van der Waals surface area contributed by atoms with E-state index < -0.39 is 0 Å². The van der Waals surface area contributed by atoms with Crippen molar-refractivity contribution in [2.45, 2.75) is 123 Å². The van der Waals surface area contributed by atoms with Crippen molar-refractivity contribution in [1.29, 1.82) is 0 Å². The number of hydrogen-bond donors (Lipinski definition) is 0. The molecule has 30 heavy (non-hydrogen) atoms. The summed E-state index contributed by atoms with van der Waals surface area (Å²) in [4.78, 5) is 12.6. The van der Waals surface area contributed by atoms with Crippen LogP contribution in [0.25, 0.3) is 0 Å². The molecule has 1 rings (SSSR count). The highest BCUT2D eigenvalue weighted by atomic mass is 16.5. The molecule has 2 nitrogen and oxygen atoms in total. The van der Waals surface area contributed by atoms with Crippen LogP contribution in [0.1, 0.15) is 129 Å². The molecule has 1 aromatic rings. The molecule has 1 aromatic carbocycles. The van der Waals surface area contributed by atoms with Gasteiger partial charge in [-0.3, -0.25) is 4.79 Å². The molecule has 0 aliphatic rings. The van der Waals surface area contributed by atoms with E-state index in [0.29, 0.717) is 12.5 Å². The van der Waals surface area contributed by atoms with Gasteiger partial charge < -0.3 is 4.74 Å². The van der Waals surface area contributed by atoms with E-state index >= 15 is 0 Å². The van der Waals surface area contributed by atoms with Crippen LogP contribution >= 0.6 is 0 Å². The topological polar surface area (TPSA) is 26.3 Å². The summed E-state index contributed by atoms with van der Waals surface area (Å²) in [5.41, 5.74) is 1.10. The van der Waals surface area contributed by atoms with Gasteiger partial charge in [-0.25, -0.2) is 0 Å². The Bertz CT molecular complexity index is 509. The van der Waals surface area contributed by atoms with Gasteiger partial charge in [-0.15, -0.1) is 0 Å². The highest BCUT2D eigenvalue weighted by molar-refractivity contribution is 5.78. The van der Waals surface area contributed by atoms with E-state index in [1.54, 1.807) is 0 Å². The fourth-order valence-corrected chi connectivity index (χ4v) is 4.00. The van der Waals surface area contributed by atoms with Crippen LogP contribution in [0, 0.1) is 5.92 Å². The Balaban J connectivity index is 2.11. The van der Waals surface area contributed by atoms with Crippen LogP contribution in [0.4, 0.5) is 0 Å². The van der Waals surface area contributed by atoms with E-state index in [-0.39, 0.29) is 11.9 Å². The Kier molecular flexibility index (Phi) is 16.4. The second-order valence-corrected chi connectivity index (χ2v) is 9.37. The Morgan fingerprint density at radius 2 is 1.20 bits per heavy atom. The van der Waals surface area contributed by atoms with Crippen molar-refractivity contribution >= 4 is 5.97 Å². The maximum atomic E-state index is 12.6. The molecule has 0 bridgehead atoms. The largest absolute Gasteiger partial charge is 0.465 e. The average Bonchev–Trinajstić information content (AvgIpc) is 2.75. The molecule has 0 N–H and O–H groups in total. The summed E-state index contributed by atoms with van der Waals surface area (Å²) in [5, 5.41) is 0. The lowest BCUT2D eigenvalue weighted by atomic mass is 9.93. The van der Waals surface area contributed by atoms with Gasteiger partial charge in [-0.2, -0.15) is 0 Å². The van der Waals surface area contributed by atoms with Gasteiger partial charge in [-0.05, 0) is 17.9 Å². The lowest BCUT2D eigenvalue weighted by Crippen LogP contribution is -2.18. The van der Waals surface area contributed by atoms with Gasteiger partial charge in [0.2, 0.25) is 0 Å². The third-order valence-corrected chi connectivity index (χ3v) is 5.89. The number of carbonyl (C=O) groups excluding carboxylic acids is 1. The van der Waals surface area contributed by atoms with E-state index in [9.17, 15) is 4.79 Å². The van der Waals surface area contributed by atoms with Crippen LogP contribution in [0.3, 0.4) is 0 Å². The molecular formula is C28H48O2. The van der Waals surface area contributed by atoms with E-state index in [1.807, 2.05) is 18.2 Å². The highest BCUT2D eigenvalue weighted by Gasteiger charge is 2.21. The second-order valence-electron chi connectivity index (χ2n) is 9.37. The summed E-state index contributed by atoms with van der Waals surface area (Å²) >= 11 is 0. The van der Waals surface area contributed by atoms with Gasteiger partial charge >= 0.3 is 5.97 Å². The summed E-state index contributed by atoms with van der Waals surface area (Å²) < 4.78 is 5.55. The van der Waals surface area contributed by atoms with Gasteiger partial charge in [0.15, 0.2) is 0 Å². The first kappa shape index (κ1) is 26.7. The van der Waals surface area contributed by atoms with Crippen LogP contribution < -0.4 is 0 Å². The van der Waals surface area contributed by atoms with Gasteiger partial charge in [-0.1, -0.05) is 141 Å². The first-order chi connectivity index (χ1) is 14.6. The van der Waals surface area contributed by atoms with Crippen molar-refractivity contribution in [2.24, 2.45) is 5.92 Å². The summed E-state index contributed by atoms with van der Waals surface area (Å²) in [7, 11) is 0. The lowest BCUT2D eigenvalue weighted by Gasteiger charge is -2.17. The molecule has 2 heteroatoms. The van der Waals surface area contributed by atoms with E-state index in [4.69, 9.17) is 4.74 Å². The molecule has 0 saturated carbocycles. The molecule has 0 aromatic heterocycles. The van der Waals surface area contributed by atoms with Gasteiger partial charge in [0.05, 0.1) is 12.5 Å². The molecule has 0 fully saturated rings. The van der Waals surface area contributed by atoms with E-state index in [0.717, 1.165) is 18.4 Å². The molecule has 0 aliphatic carbocycles. The predicted octanol–water partition coefficient (Wildman–Crippen LogP) is 8.84. The lowest BCUT2D eigenvalue weighted by molar-refractivity contribution is -0.146.